The molecule has 1 fully saturated rings. The Morgan fingerprint density at radius 3 is 2.76 bits per heavy atom. The van der Waals surface area contributed by atoms with Gasteiger partial charge in [0.2, 0.25) is 11.9 Å². The number of aromatic hydroxyl groups is 1. The smallest absolute Gasteiger partial charge is 0.244 e. The Morgan fingerprint density at radius 1 is 1.21 bits per heavy atom. The molecule has 3 N–H and O–H groups in total. The van der Waals surface area contributed by atoms with E-state index in [0.717, 1.165) is 35.0 Å². The topological polar surface area (TPSA) is 126 Å². The summed E-state index contributed by atoms with van der Waals surface area (Å²) in [5, 5.41) is 26.2. The molecule has 3 heterocycles. The van der Waals surface area contributed by atoms with E-state index in [1.54, 1.807) is 38.8 Å². The van der Waals surface area contributed by atoms with Crippen LogP contribution < -0.4 is 10.6 Å². The molecule has 0 atom stereocenters. The molecule has 1 amide bonds. The molecule has 1 saturated carbocycles. The zero-order chi connectivity index (χ0) is 24.0. The van der Waals surface area contributed by atoms with Crippen molar-refractivity contribution < 1.29 is 9.90 Å². The van der Waals surface area contributed by atoms with Gasteiger partial charge in [-0.15, -0.1) is 0 Å². The van der Waals surface area contributed by atoms with Crippen molar-refractivity contribution in [2.45, 2.75) is 39.3 Å². The first-order valence-corrected chi connectivity index (χ1v) is 11.1. The Morgan fingerprint density at radius 2 is 2.00 bits per heavy atom. The van der Waals surface area contributed by atoms with Crippen LogP contribution in [0.1, 0.15) is 24.0 Å². The number of benzene rings is 1. The molecule has 11 nitrogen and oxygen atoms in total. The monoisotopic (exact) mass is 461 g/mol. The van der Waals surface area contributed by atoms with Crippen molar-refractivity contribution in [3.05, 3.63) is 41.7 Å². The molecule has 5 rings (SSSR count). The SMILES string of the molecule is Cc1ccc(O)c(C)c1Nc1nn(C)c2nc(Nc3ccn(CC(=O)N(C)C4CC4)n3)ncc12. The number of nitrogens with zero attached hydrogens (tertiary/aromatic N) is 7. The lowest BCUT2D eigenvalue weighted by molar-refractivity contribution is -0.131. The fourth-order valence-electron chi connectivity index (χ4n) is 3.88. The maximum atomic E-state index is 12.3. The maximum Gasteiger partial charge on any atom is 0.244 e. The molecule has 1 aliphatic carbocycles. The molecular formula is C23H27N9O2. The van der Waals surface area contributed by atoms with E-state index in [1.807, 2.05) is 34.0 Å². The van der Waals surface area contributed by atoms with E-state index in [4.69, 9.17) is 0 Å². The van der Waals surface area contributed by atoms with Crippen LogP contribution in [0.4, 0.5) is 23.3 Å². The van der Waals surface area contributed by atoms with E-state index >= 15 is 0 Å². The molecule has 0 saturated heterocycles. The van der Waals surface area contributed by atoms with Gasteiger partial charge in [-0.25, -0.2) is 9.67 Å². The summed E-state index contributed by atoms with van der Waals surface area (Å²) in [6, 6.07) is 5.68. The predicted octanol–water partition coefficient (Wildman–Crippen LogP) is 2.99. The minimum atomic E-state index is 0.0435. The van der Waals surface area contributed by atoms with E-state index < -0.39 is 0 Å². The zero-order valence-electron chi connectivity index (χ0n) is 19.6. The van der Waals surface area contributed by atoms with Crippen molar-refractivity contribution in [1.29, 1.82) is 0 Å². The minimum Gasteiger partial charge on any atom is -0.508 e. The van der Waals surface area contributed by atoms with Crippen LogP contribution in [0.15, 0.2) is 30.6 Å². The first kappa shape index (κ1) is 21.7. The normalized spacial score (nSPS) is 13.3. The number of amides is 1. The van der Waals surface area contributed by atoms with Gasteiger partial charge in [0.1, 0.15) is 12.3 Å². The van der Waals surface area contributed by atoms with Crippen molar-refractivity contribution in [2.24, 2.45) is 7.05 Å². The fourth-order valence-corrected chi connectivity index (χ4v) is 3.88. The molecular weight excluding hydrogens is 434 g/mol. The Kier molecular flexibility index (Phi) is 5.31. The Balaban J connectivity index is 1.34. The van der Waals surface area contributed by atoms with Crippen molar-refractivity contribution in [1.82, 2.24) is 34.4 Å². The lowest BCUT2D eigenvalue weighted by Crippen LogP contribution is -2.32. The van der Waals surface area contributed by atoms with Crippen LogP contribution >= 0.6 is 0 Å². The molecule has 176 valence electrons. The number of carbonyl (C=O) groups excluding carboxylic acids is 1. The number of hydrogen-bond acceptors (Lipinski definition) is 8. The van der Waals surface area contributed by atoms with Gasteiger partial charge in [0.25, 0.3) is 0 Å². The third kappa shape index (κ3) is 4.12. The molecule has 0 spiro atoms. The molecule has 34 heavy (non-hydrogen) atoms. The van der Waals surface area contributed by atoms with Crippen molar-refractivity contribution in [3.63, 3.8) is 0 Å². The molecule has 11 heteroatoms. The van der Waals surface area contributed by atoms with E-state index in [1.165, 1.54) is 0 Å². The molecule has 1 aromatic carbocycles. The molecule has 0 radical (unpaired) electrons. The van der Waals surface area contributed by atoms with Gasteiger partial charge >= 0.3 is 0 Å². The largest absolute Gasteiger partial charge is 0.508 e. The Labute approximate surface area is 196 Å². The number of hydrogen-bond donors (Lipinski definition) is 3. The number of nitrogens with one attached hydrogen (secondary N) is 2. The average molecular weight is 462 g/mol. The summed E-state index contributed by atoms with van der Waals surface area (Å²) in [6.07, 6.45) is 5.60. The fraction of sp³-hybridized carbons (Fsp3) is 0.348. The number of fused-ring (bicyclic) bond motifs is 1. The second-order valence-corrected chi connectivity index (χ2v) is 8.69. The number of carbonyl (C=O) groups is 1. The second kappa shape index (κ2) is 8.32. The molecule has 0 bridgehead atoms. The highest BCUT2D eigenvalue weighted by atomic mass is 16.3. The zero-order valence-corrected chi connectivity index (χ0v) is 19.6. The number of aromatic nitrogens is 6. The summed E-state index contributed by atoms with van der Waals surface area (Å²) < 4.78 is 3.27. The highest BCUT2D eigenvalue weighted by Crippen LogP contribution is 2.32. The van der Waals surface area contributed by atoms with Crippen LogP contribution in [0.25, 0.3) is 11.0 Å². The van der Waals surface area contributed by atoms with Crippen LogP contribution in [-0.2, 0) is 18.4 Å². The van der Waals surface area contributed by atoms with Gasteiger partial charge in [-0.3, -0.25) is 9.48 Å². The quantitative estimate of drug-likeness (QED) is 0.383. The van der Waals surface area contributed by atoms with Crippen molar-refractivity contribution >= 4 is 40.2 Å². The number of likely N-dealkylation sites (N-methyl/N-ethyl adjacent to an activating group) is 1. The second-order valence-electron chi connectivity index (χ2n) is 8.69. The summed E-state index contributed by atoms with van der Waals surface area (Å²) in [4.78, 5) is 23.1. The standard InChI is InChI=1S/C23H27N9O2/c1-13-5-8-17(33)14(2)20(13)26-21-16-11-24-23(27-22(16)31(4)29-21)25-18-9-10-32(28-18)12-19(34)30(3)15-6-7-15/h5,8-11,15,33H,6-7,12H2,1-4H3,(H,26,29)(H,24,25,27,28). The predicted molar refractivity (Wildman–Crippen MR) is 128 cm³/mol. The van der Waals surface area contributed by atoms with Crippen molar-refractivity contribution in [3.8, 4) is 5.75 Å². The number of aryl methyl sites for hydroxylation is 2. The molecule has 0 unspecified atom stereocenters. The third-order valence-corrected chi connectivity index (χ3v) is 6.13. The number of anilines is 4. The van der Waals surface area contributed by atoms with Gasteiger partial charge < -0.3 is 20.6 Å². The first-order valence-electron chi connectivity index (χ1n) is 11.1. The highest BCUT2D eigenvalue weighted by molar-refractivity contribution is 5.90. The molecule has 1 aliphatic rings. The average Bonchev–Trinajstić information content (AvgIpc) is 3.51. The van der Waals surface area contributed by atoms with Crippen molar-refractivity contribution in [2.75, 3.05) is 17.7 Å². The summed E-state index contributed by atoms with van der Waals surface area (Å²) in [7, 11) is 3.65. The molecule has 3 aromatic heterocycles. The van der Waals surface area contributed by atoms with E-state index in [9.17, 15) is 9.90 Å². The lowest BCUT2D eigenvalue weighted by Gasteiger charge is -2.15. The molecule has 0 aliphatic heterocycles. The summed E-state index contributed by atoms with van der Waals surface area (Å²) in [6.45, 7) is 4.01. The van der Waals surface area contributed by atoms with Gasteiger partial charge in [-0.1, -0.05) is 6.07 Å². The number of rotatable bonds is 7. The van der Waals surface area contributed by atoms with Crippen LogP contribution in [0, 0.1) is 13.8 Å². The van der Waals surface area contributed by atoms with E-state index in [2.05, 4.69) is 30.8 Å². The highest BCUT2D eigenvalue weighted by Gasteiger charge is 2.29. The van der Waals surface area contributed by atoms with Crippen LogP contribution in [0.5, 0.6) is 5.75 Å². The number of phenols is 1. The van der Waals surface area contributed by atoms with Gasteiger partial charge in [0.05, 0.1) is 5.39 Å². The van der Waals surface area contributed by atoms with Crippen LogP contribution in [0.3, 0.4) is 0 Å². The first-order chi connectivity index (χ1) is 16.3. The number of phenolic OH excluding ortho intramolecular Hbond substituents is 1. The third-order valence-electron chi connectivity index (χ3n) is 6.13. The Bertz CT molecular complexity index is 1390. The van der Waals surface area contributed by atoms with Gasteiger partial charge in [-0.2, -0.15) is 15.2 Å². The van der Waals surface area contributed by atoms with E-state index in [0.29, 0.717) is 29.3 Å². The minimum absolute atomic E-state index is 0.0435. The Hall–Kier alpha value is -4.15. The summed E-state index contributed by atoms with van der Waals surface area (Å²) in [5.41, 5.74) is 3.17. The maximum absolute atomic E-state index is 12.3. The van der Waals surface area contributed by atoms with Crippen LogP contribution in [-0.4, -0.2) is 58.5 Å². The summed E-state index contributed by atoms with van der Waals surface area (Å²) in [5.74, 6) is 1.79. The van der Waals surface area contributed by atoms with Gasteiger partial charge in [0, 0.05) is 49.8 Å². The summed E-state index contributed by atoms with van der Waals surface area (Å²) >= 11 is 0. The lowest BCUT2D eigenvalue weighted by atomic mass is 10.1. The van der Waals surface area contributed by atoms with E-state index in [-0.39, 0.29) is 18.2 Å². The van der Waals surface area contributed by atoms with Gasteiger partial charge in [0.15, 0.2) is 17.3 Å². The molecule has 4 aromatic rings. The van der Waals surface area contributed by atoms with Gasteiger partial charge in [-0.05, 0) is 38.3 Å². The van der Waals surface area contributed by atoms with Crippen LogP contribution in [0.2, 0.25) is 0 Å².